The number of nitrogens with zero attached hydrogens (tertiary/aromatic N) is 4. The molecule has 180 valence electrons. The van der Waals surface area contributed by atoms with E-state index >= 15 is 0 Å². The summed E-state index contributed by atoms with van der Waals surface area (Å²) in [5, 5.41) is 3.37. The highest BCUT2D eigenvalue weighted by molar-refractivity contribution is 6.31. The number of methoxy groups -OCH3 is 4. The van der Waals surface area contributed by atoms with Crippen LogP contribution in [0.4, 0.5) is 16.3 Å². The average Bonchev–Trinajstić information content (AvgIpc) is 2.87. The fourth-order valence-corrected chi connectivity index (χ4v) is 4.00. The molecule has 1 fully saturated rings. The molecule has 0 bridgehead atoms. The van der Waals surface area contributed by atoms with Crippen LogP contribution in [0.25, 0.3) is 11.0 Å². The maximum absolute atomic E-state index is 12.9. The lowest BCUT2D eigenvalue weighted by Crippen LogP contribution is -2.50. The standard InChI is InChI=1S/C23H26ClN5O5/c1-31-18-12-15(13-19(32-2)20(18)33-3)28-7-9-29(10-8-28)23(30)27-21-22(34-4)26-17-11-14(24)5-6-16(17)25-21/h5-6,11-13H,7-10H2,1-4H3,(H,25,27,30). The van der Waals surface area contributed by atoms with E-state index in [9.17, 15) is 4.79 Å². The number of urea groups is 1. The van der Waals surface area contributed by atoms with Gasteiger partial charge in [0.05, 0.1) is 39.5 Å². The van der Waals surface area contributed by atoms with Gasteiger partial charge in [-0.25, -0.2) is 14.8 Å². The van der Waals surface area contributed by atoms with Crippen LogP contribution in [0.15, 0.2) is 30.3 Å². The van der Waals surface area contributed by atoms with Crippen molar-refractivity contribution < 1.29 is 23.7 Å². The minimum atomic E-state index is -0.273. The highest BCUT2D eigenvalue weighted by Gasteiger charge is 2.25. The Bertz CT molecular complexity index is 1170. The molecule has 2 heterocycles. The van der Waals surface area contributed by atoms with E-state index in [-0.39, 0.29) is 17.7 Å². The lowest BCUT2D eigenvalue weighted by atomic mass is 10.2. The van der Waals surface area contributed by atoms with Crippen molar-refractivity contribution in [3.63, 3.8) is 0 Å². The lowest BCUT2D eigenvalue weighted by molar-refractivity contribution is 0.208. The summed E-state index contributed by atoms with van der Waals surface area (Å²) >= 11 is 6.04. The number of fused-ring (bicyclic) bond motifs is 1. The number of anilines is 2. The smallest absolute Gasteiger partial charge is 0.323 e. The summed E-state index contributed by atoms with van der Waals surface area (Å²) in [6, 6.07) is 8.69. The molecule has 0 spiro atoms. The highest BCUT2D eigenvalue weighted by atomic mass is 35.5. The number of nitrogens with one attached hydrogen (secondary N) is 1. The summed E-state index contributed by atoms with van der Waals surface area (Å²) < 4.78 is 21.6. The van der Waals surface area contributed by atoms with Crippen molar-refractivity contribution in [2.24, 2.45) is 0 Å². The molecule has 1 aliphatic rings. The second-order valence-electron chi connectivity index (χ2n) is 7.50. The maximum atomic E-state index is 12.9. The first-order valence-electron chi connectivity index (χ1n) is 10.6. The predicted octanol–water partition coefficient (Wildman–Crippen LogP) is 3.67. The van der Waals surface area contributed by atoms with Gasteiger partial charge in [0.2, 0.25) is 5.75 Å². The third kappa shape index (κ3) is 4.67. The first-order chi connectivity index (χ1) is 16.5. The predicted molar refractivity (Wildman–Crippen MR) is 130 cm³/mol. The highest BCUT2D eigenvalue weighted by Crippen LogP contribution is 2.41. The van der Waals surface area contributed by atoms with Gasteiger partial charge < -0.3 is 28.7 Å². The summed E-state index contributed by atoms with van der Waals surface area (Å²) in [4.78, 5) is 25.7. The van der Waals surface area contributed by atoms with Crippen molar-refractivity contribution in [1.82, 2.24) is 14.9 Å². The van der Waals surface area contributed by atoms with Gasteiger partial charge in [-0.15, -0.1) is 0 Å². The second-order valence-corrected chi connectivity index (χ2v) is 7.94. The molecule has 2 amide bonds. The van der Waals surface area contributed by atoms with E-state index in [2.05, 4.69) is 20.2 Å². The van der Waals surface area contributed by atoms with Gasteiger partial charge in [0.15, 0.2) is 17.3 Å². The Morgan fingerprint density at radius 1 is 0.882 bits per heavy atom. The van der Waals surface area contributed by atoms with Crippen LogP contribution in [0.5, 0.6) is 23.1 Å². The first-order valence-corrected chi connectivity index (χ1v) is 11.0. The van der Waals surface area contributed by atoms with Crippen LogP contribution in [-0.4, -0.2) is 75.5 Å². The van der Waals surface area contributed by atoms with E-state index in [1.165, 1.54) is 7.11 Å². The number of hydrogen-bond acceptors (Lipinski definition) is 8. The molecule has 11 heteroatoms. The molecule has 4 rings (SSSR count). The molecule has 3 aromatic rings. The third-order valence-corrected chi connectivity index (χ3v) is 5.83. The maximum Gasteiger partial charge on any atom is 0.323 e. The van der Waals surface area contributed by atoms with Gasteiger partial charge in [-0.3, -0.25) is 5.32 Å². The van der Waals surface area contributed by atoms with Gasteiger partial charge in [-0.05, 0) is 18.2 Å². The number of hydrogen-bond donors (Lipinski definition) is 1. The summed E-state index contributed by atoms with van der Waals surface area (Å²) in [6.45, 7) is 2.29. The molecular weight excluding hydrogens is 462 g/mol. The monoisotopic (exact) mass is 487 g/mol. The molecule has 0 atom stereocenters. The quantitative estimate of drug-likeness (QED) is 0.562. The van der Waals surface area contributed by atoms with Crippen LogP contribution in [0.3, 0.4) is 0 Å². The Kier molecular flexibility index (Phi) is 6.97. The van der Waals surface area contributed by atoms with Crippen LogP contribution in [-0.2, 0) is 0 Å². The number of halogens is 1. The molecule has 10 nitrogen and oxygen atoms in total. The normalized spacial score (nSPS) is 13.6. The van der Waals surface area contributed by atoms with E-state index in [1.54, 1.807) is 44.4 Å². The number of carbonyl (C=O) groups excluding carboxylic acids is 1. The zero-order valence-electron chi connectivity index (χ0n) is 19.4. The van der Waals surface area contributed by atoms with E-state index in [4.69, 9.17) is 30.5 Å². The topological polar surface area (TPSA) is 98.3 Å². The number of amides is 2. The fourth-order valence-electron chi connectivity index (χ4n) is 3.83. The summed E-state index contributed by atoms with van der Waals surface area (Å²) in [7, 11) is 6.22. The number of aromatic nitrogens is 2. The van der Waals surface area contributed by atoms with Crippen molar-refractivity contribution in [3.05, 3.63) is 35.4 Å². The van der Waals surface area contributed by atoms with E-state index in [0.29, 0.717) is 59.5 Å². The molecule has 0 unspecified atom stereocenters. The van der Waals surface area contributed by atoms with Crippen molar-refractivity contribution in [2.75, 3.05) is 64.8 Å². The first kappa shape index (κ1) is 23.5. The summed E-state index contributed by atoms with van der Waals surface area (Å²) in [5.41, 5.74) is 2.12. The molecule has 0 aliphatic carbocycles. The van der Waals surface area contributed by atoms with Crippen LogP contribution in [0, 0.1) is 0 Å². The number of rotatable bonds is 6. The third-order valence-electron chi connectivity index (χ3n) is 5.59. The zero-order chi connectivity index (χ0) is 24.2. The Balaban J connectivity index is 1.46. The van der Waals surface area contributed by atoms with Crippen molar-refractivity contribution in [1.29, 1.82) is 0 Å². The Morgan fingerprint density at radius 2 is 1.56 bits per heavy atom. The van der Waals surface area contributed by atoms with Crippen molar-refractivity contribution in [3.8, 4) is 23.1 Å². The molecule has 0 saturated carbocycles. The van der Waals surface area contributed by atoms with E-state index in [1.807, 2.05) is 12.1 Å². The van der Waals surface area contributed by atoms with Crippen LogP contribution < -0.4 is 29.2 Å². The Morgan fingerprint density at radius 3 is 2.15 bits per heavy atom. The van der Waals surface area contributed by atoms with Gasteiger partial charge in [0, 0.05) is 49.0 Å². The van der Waals surface area contributed by atoms with Gasteiger partial charge in [0.1, 0.15) is 0 Å². The second kappa shape index (κ2) is 10.1. The average molecular weight is 488 g/mol. The van der Waals surface area contributed by atoms with Gasteiger partial charge in [-0.2, -0.15) is 0 Å². The number of carbonyl (C=O) groups is 1. The van der Waals surface area contributed by atoms with Gasteiger partial charge in [-0.1, -0.05) is 11.6 Å². The van der Waals surface area contributed by atoms with Gasteiger partial charge >= 0.3 is 6.03 Å². The summed E-state index contributed by atoms with van der Waals surface area (Å²) in [6.07, 6.45) is 0. The zero-order valence-corrected chi connectivity index (χ0v) is 20.2. The molecule has 1 aromatic heterocycles. The fraction of sp³-hybridized carbons (Fsp3) is 0.348. The minimum absolute atomic E-state index is 0.221. The number of benzene rings is 2. The van der Waals surface area contributed by atoms with Crippen molar-refractivity contribution >= 4 is 40.2 Å². The minimum Gasteiger partial charge on any atom is -0.493 e. The Hall–Kier alpha value is -3.66. The van der Waals surface area contributed by atoms with Crippen molar-refractivity contribution in [2.45, 2.75) is 0 Å². The Labute approximate surface area is 202 Å². The largest absolute Gasteiger partial charge is 0.493 e. The van der Waals surface area contributed by atoms with E-state index in [0.717, 1.165) is 5.69 Å². The number of piperazine rings is 1. The summed E-state index contributed by atoms with van der Waals surface area (Å²) in [5.74, 6) is 2.19. The molecule has 1 N–H and O–H groups in total. The van der Waals surface area contributed by atoms with Gasteiger partial charge in [0.25, 0.3) is 5.88 Å². The molecule has 0 radical (unpaired) electrons. The SMILES string of the molecule is COc1cc(N2CCN(C(=O)Nc3nc4ccc(Cl)cc4nc3OC)CC2)cc(OC)c1OC. The molecule has 1 saturated heterocycles. The molecule has 1 aliphatic heterocycles. The van der Waals surface area contributed by atoms with Crippen LogP contribution >= 0.6 is 11.6 Å². The van der Waals surface area contributed by atoms with Crippen LogP contribution in [0.1, 0.15) is 0 Å². The molecule has 2 aromatic carbocycles. The molecule has 34 heavy (non-hydrogen) atoms. The molecular formula is C23H26ClN5O5. The van der Waals surface area contributed by atoms with E-state index < -0.39 is 0 Å². The number of ether oxygens (including phenoxy) is 4. The van der Waals surface area contributed by atoms with Crippen LogP contribution in [0.2, 0.25) is 5.02 Å². The lowest BCUT2D eigenvalue weighted by Gasteiger charge is -2.36.